The molecule has 0 aliphatic carbocycles. The Kier molecular flexibility index (Phi) is 6.37. The molecule has 0 fully saturated rings. The zero-order chi connectivity index (χ0) is 13.5. The van der Waals surface area contributed by atoms with E-state index in [1.165, 1.54) is 23.1 Å². The lowest BCUT2D eigenvalue weighted by atomic mass is 10.0. The molecule has 18 heavy (non-hydrogen) atoms. The Morgan fingerprint density at radius 1 is 1.22 bits per heavy atom. The monoisotopic (exact) mass is 248 g/mol. The van der Waals surface area contributed by atoms with E-state index in [-0.39, 0.29) is 0 Å². The average molecular weight is 248 g/mol. The second-order valence-corrected chi connectivity index (χ2v) is 5.44. The van der Waals surface area contributed by atoms with Gasteiger partial charge in [0.15, 0.2) is 0 Å². The first-order valence-electron chi connectivity index (χ1n) is 7.01. The predicted molar refractivity (Wildman–Crippen MR) is 80.0 cm³/mol. The lowest BCUT2D eigenvalue weighted by Gasteiger charge is -2.22. The Labute approximate surface area is 112 Å². The first-order chi connectivity index (χ1) is 8.56. The molecule has 1 unspecified atom stereocenters. The van der Waals surface area contributed by atoms with Crippen molar-refractivity contribution in [3.05, 3.63) is 34.9 Å². The molecule has 1 aromatic rings. The van der Waals surface area contributed by atoms with Crippen LogP contribution in [0.1, 0.15) is 30.0 Å². The van der Waals surface area contributed by atoms with E-state index in [0.717, 1.165) is 26.1 Å². The van der Waals surface area contributed by atoms with Gasteiger partial charge in [0.05, 0.1) is 0 Å². The van der Waals surface area contributed by atoms with Crippen molar-refractivity contribution in [1.82, 2.24) is 4.90 Å². The summed E-state index contributed by atoms with van der Waals surface area (Å²) in [6.07, 6.45) is 2.29. The lowest BCUT2D eigenvalue weighted by molar-refractivity contribution is 0.277. The van der Waals surface area contributed by atoms with Crippen LogP contribution in [0.2, 0.25) is 0 Å². The summed E-state index contributed by atoms with van der Waals surface area (Å²) in [7, 11) is 2.19. The maximum absolute atomic E-state index is 5.75. The average Bonchev–Trinajstić information content (AvgIpc) is 2.37. The van der Waals surface area contributed by atoms with E-state index < -0.39 is 0 Å². The van der Waals surface area contributed by atoms with Crippen molar-refractivity contribution in [2.45, 2.75) is 33.6 Å². The smallest absolute Gasteiger partial charge is 0.00189 e. The Hall–Kier alpha value is -0.860. The molecule has 0 aliphatic rings. The highest BCUT2D eigenvalue weighted by molar-refractivity contribution is 5.30. The van der Waals surface area contributed by atoms with Crippen molar-refractivity contribution in [3.8, 4) is 0 Å². The van der Waals surface area contributed by atoms with E-state index in [1.807, 2.05) is 0 Å². The fourth-order valence-corrected chi connectivity index (χ4v) is 2.18. The van der Waals surface area contributed by atoms with E-state index in [4.69, 9.17) is 5.73 Å². The first kappa shape index (κ1) is 15.2. The number of nitrogens with two attached hydrogens (primary N) is 1. The molecule has 0 saturated carbocycles. The molecule has 0 spiro atoms. The molecule has 0 aromatic heterocycles. The van der Waals surface area contributed by atoms with E-state index in [1.54, 1.807) is 0 Å². The Bertz CT molecular complexity index is 356. The molecule has 0 heterocycles. The molecule has 2 heteroatoms. The van der Waals surface area contributed by atoms with Crippen molar-refractivity contribution >= 4 is 0 Å². The lowest BCUT2D eigenvalue weighted by Crippen LogP contribution is -2.31. The minimum Gasteiger partial charge on any atom is -0.330 e. The maximum Gasteiger partial charge on any atom is 0.00189 e. The van der Waals surface area contributed by atoms with Crippen molar-refractivity contribution < 1.29 is 0 Å². The van der Waals surface area contributed by atoms with Gasteiger partial charge in [0.25, 0.3) is 0 Å². The third-order valence-electron chi connectivity index (χ3n) is 3.83. The van der Waals surface area contributed by atoms with Crippen LogP contribution in [0.4, 0.5) is 0 Å². The van der Waals surface area contributed by atoms with Crippen LogP contribution in [-0.4, -0.2) is 31.6 Å². The van der Waals surface area contributed by atoms with Gasteiger partial charge in [0.2, 0.25) is 0 Å². The summed E-state index contributed by atoms with van der Waals surface area (Å²) in [6, 6.07) is 6.78. The van der Waals surface area contributed by atoms with Crippen LogP contribution in [0.3, 0.4) is 0 Å². The van der Waals surface area contributed by atoms with Crippen molar-refractivity contribution in [3.63, 3.8) is 0 Å². The molecule has 2 nitrogen and oxygen atoms in total. The Morgan fingerprint density at radius 2 is 1.94 bits per heavy atom. The van der Waals surface area contributed by atoms with Gasteiger partial charge in [-0.1, -0.05) is 31.5 Å². The summed E-state index contributed by atoms with van der Waals surface area (Å²) in [5.41, 5.74) is 9.95. The Morgan fingerprint density at radius 3 is 2.50 bits per heavy atom. The normalized spacial score (nSPS) is 13.0. The van der Waals surface area contributed by atoms with Crippen LogP contribution in [0, 0.1) is 19.8 Å². The van der Waals surface area contributed by atoms with Crippen molar-refractivity contribution in [2.24, 2.45) is 11.7 Å². The van der Waals surface area contributed by atoms with Crippen LogP contribution in [0.5, 0.6) is 0 Å². The highest BCUT2D eigenvalue weighted by atomic mass is 15.1. The van der Waals surface area contributed by atoms with E-state index >= 15 is 0 Å². The number of aryl methyl sites for hydroxylation is 2. The quantitative estimate of drug-likeness (QED) is 0.804. The largest absolute Gasteiger partial charge is 0.330 e. The first-order valence-corrected chi connectivity index (χ1v) is 7.01. The number of hydrogen-bond donors (Lipinski definition) is 1. The van der Waals surface area contributed by atoms with Gasteiger partial charge in [-0.3, -0.25) is 0 Å². The highest BCUT2D eigenvalue weighted by Gasteiger charge is 2.07. The minimum absolute atomic E-state index is 0.634. The molecule has 1 aromatic carbocycles. The molecule has 0 saturated heterocycles. The highest BCUT2D eigenvalue weighted by Crippen LogP contribution is 2.11. The van der Waals surface area contributed by atoms with Gasteiger partial charge < -0.3 is 10.6 Å². The molecule has 102 valence electrons. The summed E-state index contributed by atoms with van der Waals surface area (Å²) in [4.78, 5) is 2.40. The van der Waals surface area contributed by atoms with Gasteiger partial charge in [-0.15, -0.1) is 0 Å². The van der Waals surface area contributed by atoms with Crippen molar-refractivity contribution in [1.29, 1.82) is 0 Å². The second kappa shape index (κ2) is 7.55. The molecule has 2 N–H and O–H groups in total. The molecule has 0 radical (unpaired) electrons. The molecular weight excluding hydrogens is 220 g/mol. The molecular formula is C16H28N2. The maximum atomic E-state index is 5.75. The number of nitrogens with zero attached hydrogens (tertiary/aromatic N) is 1. The fourth-order valence-electron chi connectivity index (χ4n) is 2.18. The second-order valence-electron chi connectivity index (χ2n) is 5.44. The number of rotatable bonds is 7. The summed E-state index contributed by atoms with van der Waals surface area (Å²) in [5, 5.41) is 0. The molecule has 1 atom stereocenters. The third kappa shape index (κ3) is 4.79. The molecule has 0 amide bonds. The molecule has 0 aliphatic heterocycles. The summed E-state index contributed by atoms with van der Waals surface area (Å²) in [5.74, 6) is 0.634. The van der Waals surface area contributed by atoms with Crippen LogP contribution in [-0.2, 0) is 6.42 Å². The summed E-state index contributed by atoms with van der Waals surface area (Å²) < 4.78 is 0. The number of likely N-dealkylation sites (N-methyl/N-ethyl adjacent to an activating group) is 1. The molecule has 0 bridgehead atoms. The van der Waals surface area contributed by atoms with Crippen LogP contribution >= 0.6 is 0 Å². The minimum atomic E-state index is 0.634. The zero-order valence-electron chi connectivity index (χ0n) is 12.4. The van der Waals surface area contributed by atoms with Crippen LogP contribution in [0.15, 0.2) is 18.2 Å². The predicted octanol–water partition coefficient (Wildman–Crippen LogP) is 2.76. The third-order valence-corrected chi connectivity index (χ3v) is 3.83. The van der Waals surface area contributed by atoms with Gasteiger partial charge in [0.1, 0.15) is 0 Å². The van der Waals surface area contributed by atoms with Gasteiger partial charge in [-0.2, -0.15) is 0 Å². The standard InChI is InChI=1S/C16H28N2/c1-5-15(11-17)12-18(4)9-8-16-7-6-13(2)14(3)10-16/h6-7,10,15H,5,8-9,11-12,17H2,1-4H3. The van der Waals surface area contributed by atoms with Gasteiger partial charge in [-0.05, 0) is 56.5 Å². The van der Waals surface area contributed by atoms with Gasteiger partial charge in [-0.25, -0.2) is 0 Å². The van der Waals surface area contributed by atoms with E-state index in [9.17, 15) is 0 Å². The summed E-state index contributed by atoms with van der Waals surface area (Å²) >= 11 is 0. The fraction of sp³-hybridized carbons (Fsp3) is 0.625. The van der Waals surface area contributed by atoms with Crippen LogP contribution in [0.25, 0.3) is 0 Å². The van der Waals surface area contributed by atoms with Crippen LogP contribution < -0.4 is 5.73 Å². The van der Waals surface area contributed by atoms with E-state index in [2.05, 4.69) is 50.9 Å². The number of benzene rings is 1. The zero-order valence-corrected chi connectivity index (χ0v) is 12.4. The van der Waals surface area contributed by atoms with Gasteiger partial charge >= 0.3 is 0 Å². The van der Waals surface area contributed by atoms with Gasteiger partial charge in [0, 0.05) is 13.1 Å². The summed E-state index contributed by atoms with van der Waals surface area (Å²) in [6.45, 7) is 9.58. The topological polar surface area (TPSA) is 29.3 Å². The molecule has 1 rings (SSSR count). The Balaban J connectivity index is 2.42. The number of hydrogen-bond acceptors (Lipinski definition) is 2. The van der Waals surface area contributed by atoms with Crippen molar-refractivity contribution in [2.75, 3.05) is 26.7 Å². The van der Waals surface area contributed by atoms with E-state index in [0.29, 0.717) is 5.92 Å². The SMILES string of the molecule is CCC(CN)CN(C)CCc1ccc(C)c(C)c1.